The van der Waals surface area contributed by atoms with Crippen LogP contribution in [0.1, 0.15) is 5.56 Å². The topological polar surface area (TPSA) is 76.2 Å². The average Bonchev–Trinajstić information content (AvgIpc) is 2.62. The summed E-state index contributed by atoms with van der Waals surface area (Å²) in [5.74, 6) is 0.397. The lowest BCUT2D eigenvalue weighted by atomic mass is 9.95. The van der Waals surface area contributed by atoms with Crippen molar-refractivity contribution in [2.24, 2.45) is 10.9 Å². The van der Waals surface area contributed by atoms with Gasteiger partial charge in [-0.15, -0.1) is 0 Å². The summed E-state index contributed by atoms with van der Waals surface area (Å²) in [7, 11) is 4.73. The number of imide groups is 1. The first-order chi connectivity index (χ1) is 11.5. The van der Waals surface area contributed by atoms with E-state index in [1.54, 1.807) is 26.4 Å². The molecule has 0 aromatic heterocycles. The number of hydrogen-bond donors (Lipinski definition) is 1. The van der Waals surface area contributed by atoms with Crippen LogP contribution in [0, 0.1) is 5.92 Å². The Morgan fingerprint density at radius 2 is 1.96 bits per heavy atom. The van der Waals surface area contributed by atoms with Gasteiger partial charge in [-0.1, -0.05) is 18.2 Å². The third-order valence-electron chi connectivity index (χ3n) is 4.19. The third kappa shape index (κ3) is 2.58. The summed E-state index contributed by atoms with van der Waals surface area (Å²) >= 11 is 0. The smallest absolute Gasteiger partial charge is 0.417 e. The fourth-order valence-electron chi connectivity index (χ4n) is 2.84. The Morgan fingerprint density at radius 3 is 2.71 bits per heavy atom. The van der Waals surface area contributed by atoms with Crippen molar-refractivity contribution in [1.82, 2.24) is 9.80 Å². The molecule has 0 saturated carbocycles. The van der Waals surface area contributed by atoms with Crippen molar-refractivity contribution in [2.75, 3.05) is 21.2 Å². The van der Waals surface area contributed by atoms with Crippen LogP contribution in [0.25, 0.3) is 0 Å². The maximum atomic E-state index is 12.5. The summed E-state index contributed by atoms with van der Waals surface area (Å²) in [5, 5.41) is 0. The molecule has 1 aromatic carbocycles. The van der Waals surface area contributed by atoms with Gasteiger partial charge in [0.15, 0.2) is 5.92 Å². The predicted molar refractivity (Wildman–Crippen MR) is 88.7 cm³/mol. The van der Waals surface area contributed by atoms with Crippen LogP contribution in [0.5, 0.6) is 5.75 Å². The lowest BCUT2D eigenvalue weighted by Crippen LogP contribution is -2.79. The number of nitrogens with zero attached hydrogens (tertiary/aromatic N) is 3. The Balaban J connectivity index is 1.92. The first kappa shape index (κ1) is 15.9. The van der Waals surface area contributed by atoms with E-state index < -0.39 is 5.92 Å². The summed E-state index contributed by atoms with van der Waals surface area (Å²) in [6.07, 6.45) is 3.45. The van der Waals surface area contributed by atoms with Crippen LogP contribution in [0.2, 0.25) is 0 Å². The molecule has 1 fully saturated rings. The molecule has 0 spiro atoms. The molecular formula is C17H19N4O3+. The summed E-state index contributed by atoms with van der Waals surface area (Å²) in [6, 6.07) is 7.25. The van der Waals surface area contributed by atoms with E-state index in [2.05, 4.69) is 9.98 Å². The van der Waals surface area contributed by atoms with E-state index in [-0.39, 0.29) is 11.9 Å². The molecule has 2 aliphatic heterocycles. The van der Waals surface area contributed by atoms with Gasteiger partial charge in [0, 0.05) is 12.6 Å². The normalized spacial score (nSPS) is 21.9. The van der Waals surface area contributed by atoms with E-state index in [1.165, 1.54) is 11.9 Å². The summed E-state index contributed by atoms with van der Waals surface area (Å²) in [5.41, 5.74) is 1.55. The zero-order valence-electron chi connectivity index (χ0n) is 13.8. The molecule has 0 bridgehead atoms. The van der Waals surface area contributed by atoms with Gasteiger partial charge in [0.1, 0.15) is 5.75 Å². The van der Waals surface area contributed by atoms with Crippen molar-refractivity contribution >= 4 is 23.5 Å². The van der Waals surface area contributed by atoms with E-state index in [9.17, 15) is 9.59 Å². The lowest BCUT2D eigenvalue weighted by Gasteiger charge is -2.31. The quantitative estimate of drug-likeness (QED) is 0.834. The fourth-order valence-corrected chi connectivity index (χ4v) is 2.84. The molecule has 124 valence electrons. The molecule has 1 aromatic rings. The number of para-hydroxylation sites is 1. The minimum Gasteiger partial charge on any atom is -0.496 e. The van der Waals surface area contributed by atoms with Gasteiger partial charge in [0.2, 0.25) is 0 Å². The highest BCUT2D eigenvalue weighted by Crippen LogP contribution is 2.21. The van der Waals surface area contributed by atoms with Gasteiger partial charge in [-0.2, -0.15) is 4.90 Å². The molecule has 2 heterocycles. The number of carbonyl (C=O) groups is 2. The van der Waals surface area contributed by atoms with Crippen LogP contribution in [0.4, 0.5) is 4.79 Å². The van der Waals surface area contributed by atoms with Crippen molar-refractivity contribution in [3.63, 3.8) is 0 Å². The first-order valence-corrected chi connectivity index (χ1v) is 7.56. The van der Waals surface area contributed by atoms with Crippen molar-refractivity contribution < 1.29 is 19.3 Å². The molecular weight excluding hydrogens is 308 g/mol. The SMILES string of the molecule is COc1ccccc1CN=C1C=C[NH+]=C2C1C(=O)N(C)C(=O)N2C. The number of fused-ring (bicyclic) bond motifs is 1. The van der Waals surface area contributed by atoms with Crippen molar-refractivity contribution in [2.45, 2.75) is 6.54 Å². The molecule has 1 unspecified atom stereocenters. The highest BCUT2D eigenvalue weighted by molar-refractivity contribution is 6.30. The second-order valence-electron chi connectivity index (χ2n) is 5.59. The van der Waals surface area contributed by atoms with Crippen LogP contribution in [0.15, 0.2) is 41.5 Å². The van der Waals surface area contributed by atoms with Crippen LogP contribution in [-0.4, -0.2) is 54.5 Å². The van der Waals surface area contributed by atoms with E-state index in [0.717, 1.165) is 16.2 Å². The molecule has 2 aliphatic rings. The summed E-state index contributed by atoms with van der Waals surface area (Å²) < 4.78 is 5.33. The summed E-state index contributed by atoms with van der Waals surface area (Å²) in [6.45, 7) is 0.391. The molecule has 24 heavy (non-hydrogen) atoms. The lowest BCUT2D eigenvalue weighted by molar-refractivity contribution is -0.382. The Hall–Kier alpha value is -2.96. The maximum absolute atomic E-state index is 12.5. The van der Waals surface area contributed by atoms with Gasteiger partial charge < -0.3 is 4.74 Å². The number of amidine groups is 1. The molecule has 7 heteroatoms. The Kier molecular flexibility index (Phi) is 4.16. The third-order valence-corrected chi connectivity index (χ3v) is 4.19. The number of rotatable bonds is 3. The standard InChI is InChI=1S/C17H18N4O3/c1-20-15-14(16(22)21(2)17(20)23)12(8-9-18-15)19-10-11-6-4-5-7-13(11)24-3/h4-9,14H,10H2,1-3H3/p+1. The minimum atomic E-state index is -0.600. The van der Waals surface area contributed by atoms with E-state index in [4.69, 9.17) is 4.74 Å². The number of benzene rings is 1. The summed E-state index contributed by atoms with van der Waals surface area (Å²) in [4.78, 5) is 34.7. The van der Waals surface area contributed by atoms with Crippen LogP contribution >= 0.6 is 0 Å². The van der Waals surface area contributed by atoms with Gasteiger partial charge in [0.05, 0.1) is 32.6 Å². The number of aliphatic imine (C=N–C) groups is 1. The van der Waals surface area contributed by atoms with Crippen LogP contribution in [0.3, 0.4) is 0 Å². The fraction of sp³-hybridized carbons (Fsp3) is 0.294. The van der Waals surface area contributed by atoms with Gasteiger partial charge in [-0.05, 0) is 12.1 Å². The predicted octanol–water partition coefficient (Wildman–Crippen LogP) is -0.217. The highest BCUT2D eigenvalue weighted by atomic mass is 16.5. The number of nitrogens with one attached hydrogen (secondary N) is 1. The largest absolute Gasteiger partial charge is 0.496 e. The maximum Gasteiger partial charge on any atom is 0.417 e. The number of carbonyl (C=O) groups excluding carboxylic acids is 2. The molecule has 3 rings (SSSR count). The van der Waals surface area contributed by atoms with Crippen molar-refractivity contribution in [3.05, 3.63) is 42.1 Å². The number of urea groups is 1. The zero-order valence-corrected chi connectivity index (χ0v) is 13.8. The van der Waals surface area contributed by atoms with Crippen LogP contribution < -0.4 is 9.73 Å². The van der Waals surface area contributed by atoms with E-state index >= 15 is 0 Å². The van der Waals surface area contributed by atoms with Gasteiger partial charge in [0.25, 0.3) is 11.7 Å². The minimum absolute atomic E-state index is 0.288. The molecule has 7 nitrogen and oxygen atoms in total. The molecule has 1 atom stereocenters. The Labute approximate surface area is 139 Å². The number of hydrogen-bond acceptors (Lipinski definition) is 4. The molecule has 1 N–H and O–H groups in total. The molecule has 3 amide bonds. The number of methoxy groups -OCH3 is 1. The van der Waals surface area contributed by atoms with Gasteiger partial charge >= 0.3 is 6.03 Å². The molecule has 1 saturated heterocycles. The molecule has 0 aliphatic carbocycles. The average molecular weight is 327 g/mol. The highest BCUT2D eigenvalue weighted by Gasteiger charge is 2.49. The number of amides is 3. The van der Waals surface area contributed by atoms with Gasteiger partial charge in [-0.25, -0.2) is 14.7 Å². The van der Waals surface area contributed by atoms with E-state index in [0.29, 0.717) is 18.1 Å². The zero-order chi connectivity index (χ0) is 17.3. The second kappa shape index (κ2) is 6.27. The number of ether oxygens (including phenoxy) is 1. The molecule has 0 radical (unpaired) electrons. The first-order valence-electron chi connectivity index (χ1n) is 7.56. The Morgan fingerprint density at radius 1 is 1.21 bits per heavy atom. The number of allylic oxidation sites excluding steroid dienone is 1. The van der Waals surface area contributed by atoms with Crippen molar-refractivity contribution in [3.8, 4) is 5.75 Å². The van der Waals surface area contributed by atoms with Crippen molar-refractivity contribution in [1.29, 1.82) is 0 Å². The van der Waals surface area contributed by atoms with E-state index in [1.807, 2.05) is 24.3 Å². The van der Waals surface area contributed by atoms with Gasteiger partial charge in [-0.3, -0.25) is 9.79 Å². The van der Waals surface area contributed by atoms with Crippen LogP contribution in [-0.2, 0) is 11.3 Å². The monoisotopic (exact) mass is 327 g/mol. The second-order valence-corrected chi connectivity index (χ2v) is 5.59. The Bertz CT molecular complexity index is 782.